The van der Waals surface area contributed by atoms with Gasteiger partial charge in [-0.3, -0.25) is 19.4 Å². The summed E-state index contributed by atoms with van der Waals surface area (Å²) in [5, 5.41) is 7.74. The first-order valence-electron chi connectivity index (χ1n) is 11.8. The molecule has 1 aromatic heterocycles. The van der Waals surface area contributed by atoms with E-state index in [1.165, 1.54) is 10.4 Å². The molecule has 34 heavy (non-hydrogen) atoms. The SMILES string of the molecule is C[C@@H](NC(=O)C(=O)NCc1ccccc1)[C@H](c1cccs1)N1CCN(Cc2ccccc2)CC1. The van der Waals surface area contributed by atoms with Gasteiger partial charge in [0.1, 0.15) is 0 Å². The zero-order valence-electron chi connectivity index (χ0n) is 19.5. The molecule has 6 nitrogen and oxygen atoms in total. The van der Waals surface area contributed by atoms with Crippen LogP contribution in [0.3, 0.4) is 0 Å². The van der Waals surface area contributed by atoms with E-state index in [2.05, 4.69) is 56.1 Å². The number of carbonyl (C=O) groups excluding carboxylic acids is 2. The molecule has 0 bridgehead atoms. The molecule has 178 valence electrons. The maximum atomic E-state index is 12.6. The fourth-order valence-corrected chi connectivity index (χ4v) is 5.42. The normalized spacial score (nSPS) is 16.5. The summed E-state index contributed by atoms with van der Waals surface area (Å²) in [5.41, 5.74) is 2.29. The number of hydrogen-bond acceptors (Lipinski definition) is 5. The van der Waals surface area contributed by atoms with E-state index in [1.54, 1.807) is 11.3 Å². The molecule has 2 aromatic carbocycles. The Labute approximate surface area is 205 Å². The molecule has 1 aliphatic heterocycles. The molecule has 7 heteroatoms. The van der Waals surface area contributed by atoms with Crippen molar-refractivity contribution in [2.45, 2.75) is 32.1 Å². The van der Waals surface area contributed by atoms with E-state index in [-0.39, 0.29) is 12.1 Å². The van der Waals surface area contributed by atoms with Crippen LogP contribution < -0.4 is 10.6 Å². The summed E-state index contributed by atoms with van der Waals surface area (Å²) >= 11 is 1.69. The maximum Gasteiger partial charge on any atom is 0.309 e. The molecular weight excluding hydrogens is 444 g/mol. The third-order valence-corrected chi connectivity index (χ3v) is 7.16. The van der Waals surface area contributed by atoms with Crippen molar-refractivity contribution in [1.29, 1.82) is 0 Å². The van der Waals surface area contributed by atoms with Crippen molar-refractivity contribution < 1.29 is 9.59 Å². The first-order valence-corrected chi connectivity index (χ1v) is 12.6. The molecule has 0 spiro atoms. The second-order valence-electron chi connectivity index (χ2n) is 8.69. The number of hydrogen-bond donors (Lipinski definition) is 2. The van der Waals surface area contributed by atoms with E-state index in [9.17, 15) is 9.59 Å². The molecule has 1 saturated heterocycles. The number of piperazine rings is 1. The van der Waals surface area contributed by atoms with E-state index in [0.29, 0.717) is 6.54 Å². The van der Waals surface area contributed by atoms with E-state index in [4.69, 9.17) is 0 Å². The summed E-state index contributed by atoms with van der Waals surface area (Å²) in [6.07, 6.45) is 0. The van der Waals surface area contributed by atoms with Crippen LogP contribution in [0.25, 0.3) is 0 Å². The fourth-order valence-electron chi connectivity index (χ4n) is 4.45. The Morgan fingerprint density at radius 3 is 2.12 bits per heavy atom. The van der Waals surface area contributed by atoms with E-state index in [1.807, 2.05) is 49.4 Å². The molecule has 2 atom stereocenters. The van der Waals surface area contributed by atoms with E-state index >= 15 is 0 Å². The Balaban J connectivity index is 1.34. The van der Waals surface area contributed by atoms with Crippen molar-refractivity contribution >= 4 is 23.2 Å². The van der Waals surface area contributed by atoms with Crippen molar-refractivity contribution in [3.8, 4) is 0 Å². The summed E-state index contributed by atoms with van der Waals surface area (Å²) in [4.78, 5) is 31.2. The van der Waals surface area contributed by atoms with Gasteiger partial charge in [-0.25, -0.2) is 0 Å². The third-order valence-electron chi connectivity index (χ3n) is 6.22. The van der Waals surface area contributed by atoms with Gasteiger partial charge in [-0.1, -0.05) is 66.7 Å². The Hall–Kier alpha value is -3.00. The van der Waals surface area contributed by atoms with Gasteiger partial charge in [0.25, 0.3) is 0 Å². The van der Waals surface area contributed by atoms with Crippen LogP contribution in [0.15, 0.2) is 78.2 Å². The number of benzene rings is 2. The van der Waals surface area contributed by atoms with Gasteiger partial charge in [-0.2, -0.15) is 0 Å². The van der Waals surface area contributed by atoms with Crippen LogP contribution in [0, 0.1) is 0 Å². The Bertz CT molecular complexity index is 1040. The number of nitrogens with one attached hydrogen (secondary N) is 2. The number of rotatable bonds is 8. The second kappa shape index (κ2) is 11.9. The first-order chi connectivity index (χ1) is 16.6. The minimum atomic E-state index is -0.603. The molecule has 2 heterocycles. The van der Waals surface area contributed by atoms with Crippen molar-refractivity contribution in [3.63, 3.8) is 0 Å². The molecule has 3 aromatic rings. The summed E-state index contributed by atoms with van der Waals surface area (Å²) in [6, 6.07) is 24.1. The average Bonchev–Trinajstić information content (AvgIpc) is 3.39. The Morgan fingerprint density at radius 2 is 1.50 bits per heavy atom. The molecule has 0 aliphatic carbocycles. The van der Waals surface area contributed by atoms with E-state index < -0.39 is 11.8 Å². The summed E-state index contributed by atoms with van der Waals surface area (Å²) in [5.74, 6) is -1.19. The number of thiophene rings is 1. The maximum absolute atomic E-state index is 12.6. The smallest absolute Gasteiger partial charge is 0.309 e. The molecule has 4 rings (SSSR count). The quantitative estimate of drug-likeness (QED) is 0.489. The van der Waals surface area contributed by atoms with Gasteiger partial charge < -0.3 is 10.6 Å². The highest BCUT2D eigenvalue weighted by Gasteiger charge is 2.31. The van der Waals surface area contributed by atoms with Gasteiger partial charge in [0.2, 0.25) is 0 Å². The van der Waals surface area contributed by atoms with Gasteiger partial charge in [0.05, 0.1) is 6.04 Å². The zero-order valence-corrected chi connectivity index (χ0v) is 20.3. The fraction of sp³-hybridized carbons (Fsp3) is 0.333. The van der Waals surface area contributed by atoms with Crippen molar-refractivity contribution in [2.75, 3.05) is 26.2 Å². The first kappa shape index (κ1) is 24.1. The van der Waals surface area contributed by atoms with Crippen molar-refractivity contribution in [1.82, 2.24) is 20.4 Å². The van der Waals surface area contributed by atoms with Crippen molar-refractivity contribution in [3.05, 3.63) is 94.2 Å². The zero-order chi connectivity index (χ0) is 23.8. The molecule has 1 fully saturated rings. The summed E-state index contributed by atoms with van der Waals surface area (Å²) < 4.78 is 0. The molecule has 2 amide bonds. The number of carbonyl (C=O) groups is 2. The highest BCUT2D eigenvalue weighted by molar-refractivity contribution is 7.10. The predicted octanol–water partition coefficient (Wildman–Crippen LogP) is 3.43. The van der Waals surface area contributed by atoms with Gasteiger partial charge >= 0.3 is 11.8 Å². The topological polar surface area (TPSA) is 64.7 Å². The molecule has 0 saturated carbocycles. The van der Waals surface area contributed by atoms with Crippen LogP contribution >= 0.6 is 11.3 Å². The lowest BCUT2D eigenvalue weighted by atomic mass is 10.0. The molecule has 0 radical (unpaired) electrons. The minimum Gasteiger partial charge on any atom is -0.344 e. The lowest BCUT2D eigenvalue weighted by molar-refractivity contribution is -0.140. The molecule has 1 aliphatic rings. The standard InChI is InChI=1S/C27H32N4O2S/c1-21(29-27(33)26(32)28-19-22-9-4-2-5-10-22)25(24-13-8-18-34-24)31-16-14-30(15-17-31)20-23-11-6-3-7-12-23/h2-13,18,21,25H,14-17,19-20H2,1H3,(H,28,32)(H,29,33)/t21-,25-/m1/s1. The van der Waals surface area contributed by atoms with Gasteiger partial charge in [-0.15, -0.1) is 11.3 Å². The third kappa shape index (κ3) is 6.53. The highest BCUT2D eigenvalue weighted by atomic mass is 32.1. The number of nitrogens with zero attached hydrogens (tertiary/aromatic N) is 2. The summed E-state index contributed by atoms with van der Waals surface area (Å²) in [7, 11) is 0. The van der Waals surface area contributed by atoms with Crippen LogP contribution in [0.2, 0.25) is 0 Å². The van der Waals surface area contributed by atoms with Crippen LogP contribution in [0.4, 0.5) is 0 Å². The van der Waals surface area contributed by atoms with Gasteiger partial charge in [-0.05, 0) is 29.5 Å². The minimum absolute atomic E-state index is 0.0322. The number of amides is 2. The summed E-state index contributed by atoms with van der Waals surface area (Å²) in [6.45, 7) is 7.03. The Kier molecular flexibility index (Phi) is 8.46. The lowest BCUT2D eigenvalue weighted by Gasteiger charge is -2.41. The van der Waals surface area contributed by atoms with Crippen molar-refractivity contribution in [2.24, 2.45) is 0 Å². The van der Waals surface area contributed by atoms with E-state index in [0.717, 1.165) is 38.3 Å². The largest absolute Gasteiger partial charge is 0.344 e. The average molecular weight is 477 g/mol. The monoisotopic (exact) mass is 476 g/mol. The lowest BCUT2D eigenvalue weighted by Crippen LogP contribution is -2.53. The molecule has 0 unspecified atom stereocenters. The Morgan fingerprint density at radius 1 is 0.853 bits per heavy atom. The van der Waals surface area contributed by atoms with Gasteiger partial charge in [0.15, 0.2) is 0 Å². The highest BCUT2D eigenvalue weighted by Crippen LogP contribution is 2.29. The van der Waals surface area contributed by atoms with Crippen LogP contribution in [-0.2, 0) is 22.7 Å². The molecular formula is C27H32N4O2S. The van der Waals surface area contributed by atoms with Crippen LogP contribution in [0.5, 0.6) is 0 Å². The van der Waals surface area contributed by atoms with Gasteiger partial charge in [0, 0.05) is 50.2 Å². The van der Waals surface area contributed by atoms with Crippen LogP contribution in [0.1, 0.15) is 29.0 Å². The predicted molar refractivity (Wildman–Crippen MR) is 136 cm³/mol. The van der Waals surface area contributed by atoms with Crippen LogP contribution in [-0.4, -0.2) is 53.8 Å². The molecule has 2 N–H and O–H groups in total. The second-order valence-corrected chi connectivity index (χ2v) is 9.67.